The topological polar surface area (TPSA) is 51.6 Å². The van der Waals surface area contributed by atoms with Gasteiger partial charge in [0, 0.05) is 24.6 Å². The molecule has 2 aliphatic rings. The number of hydrogen-bond acceptors (Lipinski definition) is 4. The van der Waals surface area contributed by atoms with Crippen LogP contribution < -0.4 is 4.74 Å². The second-order valence-electron chi connectivity index (χ2n) is 5.84. The largest absolute Gasteiger partial charge is 0.489 e. The van der Waals surface area contributed by atoms with Crippen LogP contribution in [-0.2, 0) is 4.74 Å². The first-order valence-corrected chi connectivity index (χ1v) is 7.65. The molecule has 1 aromatic rings. The molecule has 1 N–H and O–H groups in total. The average Bonchev–Trinajstić information content (AvgIpc) is 2.93. The normalized spacial score (nSPS) is 23.6. The number of rotatable bonds is 2. The van der Waals surface area contributed by atoms with E-state index >= 15 is 0 Å². The summed E-state index contributed by atoms with van der Waals surface area (Å²) in [6, 6.07) is 1.88. The van der Waals surface area contributed by atoms with Crippen LogP contribution in [0.3, 0.4) is 0 Å². The SMILES string of the molecule is OCC#Cc1cncc(OC2CCOC3(CCCC3)C2)c1. The van der Waals surface area contributed by atoms with Crippen molar-refractivity contribution in [2.75, 3.05) is 13.2 Å². The van der Waals surface area contributed by atoms with Gasteiger partial charge in [-0.3, -0.25) is 4.98 Å². The van der Waals surface area contributed by atoms with Crippen LogP contribution in [-0.4, -0.2) is 35.0 Å². The lowest BCUT2D eigenvalue weighted by Gasteiger charge is -2.38. The Morgan fingerprint density at radius 3 is 3.05 bits per heavy atom. The Morgan fingerprint density at radius 2 is 2.24 bits per heavy atom. The molecule has 4 heteroatoms. The predicted octanol–water partition coefficient (Wildman–Crippen LogP) is 2.30. The van der Waals surface area contributed by atoms with Crippen LogP contribution in [0.5, 0.6) is 5.75 Å². The summed E-state index contributed by atoms with van der Waals surface area (Å²) in [5, 5.41) is 8.74. The van der Waals surface area contributed by atoms with Gasteiger partial charge < -0.3 is 14.6 Å². The molecule has 2 fully saturated rings. The molecule has 0 bridgehead atoms. The lowest BCUT2D eigenvalue weighted by atomic mass is 9.90. The fourth-order valence-electron chi connectivity index (χ4n) is 3.34. The van der Waals surface area contributed by atoms with E-state index in [1.54, 1.807) is 12.4 Å². The first-order valence-electron chi connectivity index (χ1n) is 7.65. The molecular formula is C17H21NO3. The Morgan fingerprint density at radius 1 is 1.38 bits per heavy atom. The molecule has 1 aromatic heterocycles. The van der Waals surface area contributed by atoms with Gasteiger partial charge in [-0.15, -0.1) is 0 Å². The Kier molecular flexibility index (Phi) is 4.42. The van der Waals surface area contributed by atoms with Gasteiger partial charge in [-0.05, 0) is 18.9 Å². The zero-order valence-electron chi connectivity index (χ0n) is 12.2. The highest BCUT2D eigenvalue weighted by Crippen LogP contribution is 2.40. The summed E-state index contributed by atoms with van der Waals surface area (Å²) in [6.07, 6.45) is 10.3. The molecule has 1 aliphatic carbocycles. The van der Waals surface area contributed by atoms with Gasteiger partial charge in [0.1, 0.15) is 18.5 Å². The van der Waals surface area contributed by atoms with Crippen molar-refractivity contribution in [3.63, 3.8) is 0 Å². The van der Waals surface area contributed by atoms with Gasteiger partial charge in [0.15, 0.2) is 0 Å². The summed E-state index contributed by atoms with van der Waals surface area (Å²) >= 11 is 0. The molecule has 4 nitrogen and oxygen atoms in total. The zero-order valence-corrected chi connectivity index (χ0v) is 12.2. The molecule has 1 unspecified atom stereocenters. The first kappa shape index (κ1) is 14.4. The number of aliphatic hydroxyl groups excluding tert-OH is 1. The van der Waals surface area contributed by atoms with E-state index in [0.29, 0.717) is 0 Å². The van der Waals surface area contributed by atoms with Crippen LogP contribution in [0.2, 0.25) is 0 Å². The van der Waals surface area contributed by atoms with Gasteiger partial charge in [-0.2, -0.15) is 0 Å². The monoisotopic (exact) mass is 287 g/mol. The molecule has 1 atom stereocenters. The lowest BCUT2D eigenvalue weighted by molar-refractivity contribution is -0.108. The van der Waals surface area contributed by atoms with Gasteiger partial charge in [-0.1, -0.05) is 24.7 Å². The van der Waals surface area contributed by atoms with Crippen molar-refractivity contribution in [3.05, 3.63) is 24.0 Å². The molecule has 0 radical (unpaired) electrons. The molecule has 112 valence electrons. The number of nitrogens with zero attached hydrogens (tertiary/aromatic N) is 1. The maximum atomic E-state index is 8.74. The molecule has 3 rings (SSSR count). The van der Waals surface area contributed by atoms with Gasteiger partial charge in [0.2, 0.25) is 0 Å². The quantitative estimate of drug-likeness (QED) is 0.848. The van der Waals surface area contributed by atoms with Crippen LogP contribution in [0.4, 0.5) is 0 Å². The third-order valence-electron chi connectivity index (χ3n) is 4.29. The summed E-state index contributed by atoms with van der Waals surface area (Å²) in [4.78, 5) is 4.15. The number of pyridine rings is 1. The second-order valence-corrected chi connectivity index (χ2v) is 5.84. The molecule has 1 saturated heterocycles. The van der Waals surface area contributed by atoms with E-state index in [-0.39, 0.29) is 18.3 Å². The van der Waals surface area contributed by atoms with Crippen LogP contribution in [0, 0.1) is 11.8 Å². The van der Waals surface area contributed by atoms with Crippen molar-refractivity contribution in [3.8, 4) is 17.6 Å². The third-order valence-corrected chi connectivity index (χ3v) is 4.29. The maximum absolute atomic E-state index is 8.74. The fraction of sp³-hybridized carbons (Fsp3) is 0.588. The van der Waals surface area contributed by atoms with Crippen molar-refractivity contribution in [2.45, 2.75) is 50.2 Å². The van der Waals surface area contributed by atoms with Gasteiger partial charge in [0.05, 0.1) is 18.4 Å². The standard InChI is InChI=1S/C17H21NO3/c19-8-3-4-14-10-16(13-18-12-14)21-15-5-9-20-17(11-15)6-1-2-7-17/h10,12-13,15,19H,1-2,5-9,11H2. The molecule has 2 heterocycles. The minimum atomic E-state index is -0.145. The van der Waals surface area contributed by atoms with Gasteiger partial charge in [0.25, 0.3) is 0 Å². The van der Waals surface area contributed by atoms with Crippen molar-refractivity contribution in [1.29, 1.82) is 0 Å². The summed E-state index contributed by atoms with van der Waals surface area (Å²) in [6.45, 7) is 0.635. The fourth-order valence-corrected chi connectivity index (χ4v) is 3.34. The average molecular weight is 287 g/mol. The van der Waals surface area contributed by atoms with Crippen molar-refractivity contribution in [1.82, 2.24) is 4.98 Å². The van der Waals surface area contributed by atoms with E-state index in [4.69, 9.17) is 14.6 Å². The minimum absolute atomic E-state index is 0.0602. The maximum Gasteiger partial charge on any atom is 0.139 e. The smallest absolute Gasteiger partial charge is 0.139 e. The highest BCUT2D eigenvalue weighted by Gasteiger charge is 2.40. The van der Waals surface area contributed by atoms with Crippen LogP contribution in [0.25, 0.3) is 0 Å². The third kappa shape index (κ3) is 3.55. The Bertz CT molecular complexity index is 540. The highest BCUT2D eigenvalue weighted by atomic mass is 16.5. The molecule has 1 aliphatic heterocycles. The first-order chi connectivity index (χ1) is 10.3. The van der Waals surface area contributed by atoms with Crippen molar-refractivity contribution < 1.29 is 14.6 Å². The number of aromatic nitrogens is 1. The van der Waals surface area contributed by atoms with E-state index in [0.717, 1.165) is 43.6 Å². The summed E-state index contributed by atoms with van der Waals surface area (Å²) in [5.41, 5.74) is 0.828. The zero-order chi connectivity index (χ0) is 14.5. The second kappa shape index (κ2) is 6.46. The van der Waals surface area contributed by atoms with E-state index in [1.165, 1.54) is 12.8 Å². The van der Waals surface area contributed by atoms with Gasteiger partial charge >= 0.3 is 0 Å². The van der Waals surface area contributed by atoms with E-state index in [9.17, 15) is 0 Å². The number of hydrogen-bond donors (Lipinski definition) is 1. The molecule has 1 saturated carbocycles. The summed E-state index contributed by atoms with van der Waals surface area (Å²) in [7, 11) is 0. The molecular weight excluding hydrogens is 266 g/mol. The molecule has 0 aromatic carbocycles. The minimum Gasteiger partial charge on any atom is -0.489 e. The van der Waals surface area contributed by atoms with E-state index in [2.05, 4.69) is 16.8 Å². The van der Waals surface area contributed by atoms with Crippen LogP contribution >= 0.6 is 0 Å². The van der Waals surface area contributed by atoms with Crippen LogP contribution in [0.15, 0.2) is 18.5 Å². The number of aliphatic hydroxyl groups is 1. The Labute approximate surface area is 125 Å². The van der Waals surface area contributed by atoms with Crippen molar-refractivity contribution >= 4 is 0 Å². The highest BCUT2D eigenvalue weighted by molar-refractivity contribution is 5.36. The van der Waals surface area contributed by atoms with Crippen LogP contribution in [0.1, 0.15) is 44.1 Å². The number of ether oxygens (including phenoxy) is 2. The van der Waals surface area contributed by atoms with Gasteiger partial charge in [-0.25, -0.2) is 0 Å². The molecule has 21 heavy (non-hydrogen) atoms. The summed E-state index contributed by atoms with van der Waals surface area (Å²) < 4.78 is 12.1. The Balaban J connectivity index is 1.65. The van der Waals surface area contributed by atoms with E-state index in [1.807, 2.05) is 6.07 Å². The predicted molar refractivity (Wildman–Crippen MR) is 79.0 cm³/mol. The van der Waals surface area contributed by atoms with E-state index < -0.39 is 0 Å². The molecule has 0 amide bonds. The lowest BCUT2D eigenvalue weighted by Crippen LogP contribution is -2.41. The molecule has 1 spiro atoms. The Hall–Kier alpha value is -1.57. The summed E-state index contributed by atoms with van der Waals surface area (Å²) in [5.74, 6) is 6.23. The van der Waals surface area contributed by atoms with Crippen molar-refractivity contribution in [2.24, 2.45) is 0 Å².